The smallest absolute Gasteiger partial charge is 0.137 e. The van der Waals surface area contributed by atoms with E-state index < -0.39 is 0 Å². The molecule has 4 nitrogen and oxygen atoms in total. The Morgan fingerprint density at radius 3 is 2.56 bits per heavy atom. The Balaban J connectivity index is 2.13. The lowest BCUT2D eigenvalue weighted by atomic mass is 10.3. The zero-order chi connectivity index (χ0) is 12.8. The van der Waals surface area contributed by atoms with Gasteiger partial charge in [0, 0.05) is 6.07 Å². The number of hydrogen-bond acceptors (Lipinski definition) is 4. The second-order valence-electron chi connectivity index (χ2n) is 3.58. The molecule has 0 aliphatic rings. The van der Waals surface area contributed by atoms with Crippen LogP contribution in [0, 0.1) is 0 Å². The highest BCUT2D eigenvalue weighted by Gasteiger charge is 1.94. The lowest BCUT2D eigenvalue weighted by molar-refractivity contribution is 0.413. The van der Waals surface area contributed by atoms with Gasteiger partial charge in [-0.05, 0) is 24.3 Å². The van der Waals surface area contributed by atoms with Crippen LogP contribution in [0.15, 0.2) is 47.6 Å². The molecule has 0 spiro atoms. The van der Waals surface area contributed by atoms with Crippen molar-refractivity contribution in [3.8, 4) is 11.5 Å². The van der Waals surface area contributed by atoms with Crippen LogP contribution < -0.4 is 9.47 Å². The average molecular weight is 242 g/mol. The second-order valence-corrected chi connectivity index (χ2v) is 3.58. The number of aromatic nitrogens is 1. The topological polar surface area (TPSA) is 43.7 Å². The van der Waals surface area contributed by atoms with E-state index in [9.17, 15) is 0 Å². The highest BCUT2D eigenvalue weighted by atomic mass is 16.5. The molecule has 2 aromatic rings. The van der Waals surface area contributed by atoms with Gasteiger partial charge in [-0.1, -0.05) is 6.07 Å². The third-order valence-corrected chi connectivity index (χ3v) is 2.39. The molecule has 4 heteroatoms. The van der Waals surface area contributed by atoms with Crippen molar-refractivity contribution >= 4 is 11.9 Å². The number of nitrogens with zero attached hydrogens (tertiary/aromatic N) is 2. The van der Waals surface area contributed by atoms with Gasteiger partial charge in [-0.2, -0.15) is 0 Å². The fourth-order valence-corrected chi connectivity index (χ4v) is 1.42. The number of hydrogen-bond donors (Lipinski definition) is 0. The third-order valence-electron chi connectivity index (χ3n) is 2.39. The summed E-state index contributed by atoms with van der Waals surface area (Å²) in [6, 6.07) is 11.2. The van der Waals surface area contributed by atoms with E-state index >= 15 is 0 Å². The molecule has 0 saturated heterocycles. The molecule has 18 heavy (non-hydrogen) atoms. The first kappa shape index (κ1) is 12.1. The van der Waals surface area contributed by atoms with Crippen molar-refractivity contribution in [3.63, 3.8) is 0 Å². The first-order valence-electron chi connectivity index (χ1n) is 5.50. The molecule has 0 saturated carbocycles. The Morgan fingerprint density at radius 1 is 1.06 bits per heavy atom. The van der Waals surface area contributed by atoms with Gasteiger partial charge < -0.3 is 9.47 Å². The van der Waals surface area contributed by atoms with E-state index in [1.807, 2.05) is 36.4 Å². The van der Waals surface area contributed by atoms with Gasteiger partial charge in [-0.25, -0.2) is 0 Å². The standard InChI is InChI=1S/C14H14N2O2/c1-17-13-5-3-4-11(8-13)15-9-12-6-7-14(18-2)10-16-12/h3-10H,1-2H3/b15-9-. The summed E-state index contributed by atoms with van der Waals surface area (Å²) in [7, 11) is 3.24. The van der Waals surface area contributed by atoms with E-state index in [0.29, 0.717) is 0 Å². The van der Waals surface area contributed by atoms with E-state index in [2.05, 4.69) is 9.98 Å². The highest BCUT2D eigenvalue weighted by molar-refractivity contribution is 5.79. The Labute approximate surface area is 106 Å². The van der Waals surface area contributed by atoms with Crippen LogP contribution in [0.4, 0.5) is 5.69 Å². The Kier molecular flexibility index (Phi) is 3.91. The molecule has 1 aromatic heterocycles. The summed E-state index contributed by atoms with van der Waals surface area (Å²) in [6.07, 6.45) is 3.36. The van der Waals surface area contributed by atoms with E-state index in [4.69, 9.17) is 9.47 Å². The van der Waals surface area contributed by atoms with Gasteiger partial charge in [0.15, 0.2) is 0 Å². The van der Waals surface area contributed by atoms with Crippen molar-refractivity contribution in [2.24, 2.45) is 4.99 Å². The predicted molar refractivity (Wildman–Crippen MR) is 71.0 cm³/mol. The fourth-order valence-electron chi connectivity index (χ4n) is 1.42. The maximum absolute atomic E-state index is 5.13. The minimum atomic E-state index is 0.730. The molecule has 2 rings (SSSR count). The summed E-state index contributed by atoms with van der Waals surface area (Å²) in [5.74, 6) is 1.51. The Bertz CT molecular complexity index is 536. The van der Waals surface area contributed by atoms with Crippen molar-refractivity contribution < 1.29 is 9.47 Å². The number of rotatable bonds is 4. The fraction of sp³-hybridized carbons (Fsp3) is 0.143. The SMILES string of the molecule is COc1ccc(/C=N\c2cccc(OC)c2)nc1. The normalized spacial score (nSPS) is 10.6. The van der Waals surface area contributed by atoms with E-state index in [-0.39, 0.29) is 0 Å². The van der Waals surface area contributed by atoms with Crippen LogP contribution in [0.2, 0.25) is 0 Å². The van der Waals surface area contributed by atoms with Crippen LogP contribution in [0.1, 0.15) is 5.69 Å². The number of methoxy groups -OCH3 is 2. The van der Waals surface area contributed by atoms with Crippen LogP contribution in [-0.2, 0) is 0 Å². The van der Waals surface area contributed by atoms with Gasteiger partial charge >= 0.3 is 0 Å². The van der Waals surface area contributed by atoms with Gasteiger partial charge in [-0.3, -0.25) is 9.98 Å². The summed E-state index contributed by atoms with van der Waals surface area (Å²) in [5.41, 5.74) is 1.60. The van der Waals surface area contributed by atoms with Crippen molar-refractivity contribution in [2.75, 3.05) is 14.2 Å². The van der Waals surface area contributed by atoms with Gasteiger partial charge in [0.1, 0.15) is 11.5 Å². The predicted octanol–water partition coefficient (Wildman–Crippen LogP) is 2.85. The molecular weight excluding hydrogens is 228 g/mol. The van der Waals surface area contributed by atoms with Crippen molar-refractivity contribution in [1.29, 1.82) is 0 Å². The van der Waals surface area contributed by atoms with Crippen molar-refractivity contribution in [2.45, 2.75) is 0 Å². The van der Waals surface area contributed by atoms with Gasteiger partial charge in [0.2, 0.25) is 0 Å². The molecule has 0 amide bonds. The van der Waals surface area contributed by atoms with Crippen LogP contribution in [-0.4, -0.2) is 25.4 Å². The molecule has 0 unspecified atom stereocenters. The number of ether oxygens (including phenoxy) is 2. The number of benzene rings is 1. The van der Waals surface area contributed by atoms with Gasteiger partial charge in [0.05, 0.1) is 38.0 Å². The summed E-state index contributed by atoms with van der Waals surface area (Å²) >= 11 is 0. The summed E-state index contributed by atoms with van der Waals surface area (Å²) in [4.78, 5) is 8.53. The van der Waals surface area contributed by atoms with Crippen molar-refractivity contribution in [3.05, 3.63) is 48.3 Å². The van der Waals surface area contributed by atoms with Crippen LogP contribution >= 0.6 is 0 Å². The molecule has 92 valence electrons. The summed E-state index contributed by atoms with van der Waals surface area (Å²) in [5, 5.41) is 0. The molecule has 0 bridgehead atoms. The minimum Gasteiger partial charge on any atom is -0.497 e. The van der Waals surface area contributed by atoms with E-state index in [0.717, 1.165) is 22.9 Å². The quantitative estimate of drug-likeness (QED) is 0.774. The molecular formula is C14H14N2O2. The van der Waals surface area contributed by atoms with Crippen LogP contribution in [0.3, 0.4) is 0 Å². The maximum atomic E-state index is 5.13. The van der Waals surface area contributed by atoms with Crippen LogP contribution in [0.5, 0.6) is 11.5 Å². The molecule has 0 radical (unpaired) electrons. The molecule has 1 aromatic carbocycles. The average Bonchev–Trinajstić information content (AvgIpc) is 2.46. The minimum absolute atomic E-state index is 0.730. The molecule has 1 heterocycles. The Morgan fingerprint density at radius 2 is 1.89 bits per heavy atom. The summed E-state index contributed by atoms with van der Waals surface area (Å²) in [6.45, 7) is 0. The zero-order valence-electron chi connectivity index (χ0n) is 10.3. The number of pyridine rings is 1. The zero-order valence-corrected chi connectivity index (χ0v) is 10.3. The molecule has 0 aliphatic carbocycles. The molecule has 0 N–H and O–H groups in total. The van der Waals surface area contributed by atoms with Crippen LogP contribution in [0.25, 0.3) is 0 Å². The monoisotopic (exact) mass is 242 g/mol. The lowest BCUT2D eigenvalue weighted by Crippen LogP contribution is -1.89. The molecule has 0 aliphatic heterocycles. The van der Waals surface area contributed by atoms with E-state index in [1.54, 1.807) is 26.6 Å². The van der Waals surface area contributed by atoms with Gasteiger partial charge in [-0.15, -0.1) is 0 Å². The lowest BCUT2D eigenvalue weighted by Gasteiger charge is -2.00. The van der Waals surface area contributed by atoms with Crippen molar-refractivity contribution in [1.82, 2.24) is 4.98 Å². The molecule has 0 atom stereocenters. The van der Waals surface area contributed by atoms with Gasteiger partial charge in [0.25, 0.3) is 0 Å². The Hall–Kier alpha value is -2.36. The maximum Gasteiger partial charge on any atom is 0.137 e. The first-order valence-corrected chi connectivity index (χ1v) is 5.50. The first-order chi connectivity index (χ1) is 8.81. The molecule has 0 fully saturated rings. The third kappa shape index (κ3) is 3.07. The largest absolute Gasteiger partial charge is 0.497 e. The summed E-state index contributed by atoms with van der Waals surface area (Å²) < 4.78 is 10.2. The highest BCUT2D eigenvalue weighted by Crippen LogP contribution is 2.19. The van der Waals surface area contributed by atoms with E-state index in [1.165, 1.54) is 0 Å². The second kappa shape index (κ2) is 5.82. The number of aliphatic imine (C=N–C) groups is 1.